The Labute approximate surface area is 243 Å². The van der Waals surface area contributed by atoms with Gasteiger partial charge in [-0.3, -0.25) is 9.59 Å². The van der Waals surface area contributed by atoms with Crippen LogP contribution >= 0.6 is 35.0 Å². The topological polar surface area (TPSA) is 114 Å². The largest absolute Gasteiger partial charge is 0.511 e. The molecule has 39 heavy (non-hydrogen) atoms. The van der Waals surface area contributed by atoms with Crippen LogP contribution in [0.2, 0.25) is 10.0 Å². The third-order valence-corrected chi connectivity index (χ3v) is 9.42. The molecule has 4 rings (SSSR count). The van der Waals surface area contributed by atoms with Crippen molar-refractivity contribution in [3.05, 3.63) is 51.9 Å². The minimum atomic E-state index is -0.601. The second kappa shape index (κ2) is 12.9. The lowest BCUT2D eigenvalue weighted by molar-refractivity contribution is 0.0871. The first-order valence-corrected chi connectivity index (χ1v) is 15.0. The first-order valence-electron chi connectivity index (χ1n) is 13.4. The average molecular weight is 597 g/mol. The van der Waals surface area contributed by atoms with Crippen molar-refractivity contribution in [3.8, 4) is 5.88 Å². The van der Waals surface area contributed by atoms with Gasteiger partial charge in [-0.25, -0.2) is 0 Å². The molecule has 2 aromatic rings. The average Bonchev–Trinajstić information content (AvgIpc) is 3.26. The van der Waals surface area contributed by atoms with Crippen LogP contribution in [0.15, 0.2) is 40.0 Å². The number of aliphatic hydroxyl groups is 1. The number of carbonyl (C=O) groups is 2. The number of thioether (sulfide) groups is 1. The van der Waals surface area contributed by atoms with Gasteiger partial charge in [-0.2, -0.15) is 0 Å². The van der Waals surface area contributed by atoms with E-state index in [9.17, 15) is 14.7 Å². The Morgan fingerprint density at radius 2 is 1.92 bits per heavy atom. The van der Waals surface area contributed by atoms with Gasteiger partial charge >= 0.3 is 0 Å². The van der Waals surface area contributed by atoms with Crippen molar-refractivity contribution >= 4 is 46.8 Å². The molecule has 2 aliphatic rings. The molecule has 1 aromatic carbocycles. The quantitative estimate of drug-likeness (QED) is 0.214. The fourth-order valence-corrected chi connectivity index (χ4v) is 6.70. The number of halogens is 2. The predicted molar refractivity (Wildman–Crippen MR) is 153 cm³/mol. The second-order valence-corrected chi connectivity index (χ2v) is 12.5. The van der Waals surface area contributed by atoms with Crippen LogP contribution in [-0.2, 0) is 0 Å². The number of hydrogen-bond donors (Lipinski definition) is 3. The van der Waals surface area contributed by atoms with Gasteiger partial charge in [0.15, 0.2) is 0 Å². The molecule has 1 atom stereocenters. The highest BCUT2D eigenvalue weighted by molar-refractivity contribution is 8.00. The molecule has 2 aliphatic carbocycles. The third kappa shape index (κ3) is 7.24. The van der Waals surface area contributed by atoms with E-state index in [0.717, 1.165) is 51.4 Å². The number of aromatic nitrogens is 1. The molecule has 0 aliphatic heterocycles. The van der Waals surface area contributed by atoms with E-state index in [0.29, 0.717) is 20.7 Å². The molecule has 0 radical (unpaired) electrons. The van der Waals surface area contributed by atoms with Crippen LogP contribution in [0.4, 0.5) is 0 Å². The van der Waals surface area contributed by atoms with E-state index in [1.165, 1.54) is 17.8 Å². The molecule has 0 spiro atoms. The fourth-order valence-electron chi connectivity index (χ4n) is 4.87. The maximum atomic E-state index is 13.3. The molecule has 212 valence electrons. The Balaban J connectivity index is 1.49. The SMILES string of the molecule is C=C(O)[C@H](NC(=O)c1onc(OCC2(NC(=O)c3ccc(Cl)cc3Cl)CC2)c1SC1CCCC1)C(CC)CC. The Bertz CT molecular complexity index is 1210. The summed E-state index contributed by atoms with van der Waals surface area (Å²) in [5.74, 6) is -0.564. The zero-order valence-corrected chi connectivity index (χ0v) is 24.6. The Hall–Kier alpha value is -2.36. The van der Waals surface area contributed by atoms with E-state index in [4.69, 9.17) is 32.5 Å². The summed E-state index contributed by atoms with van der Waals surface area (Å²) in [6.07, 6.45) is 7.32. The van der Waals surface area contributed by atoms with Crippen molar-refractivity contribution < 1.29 is 24.0 Å². The van der Waals surface area contributed by atoms with E-state index < -0.39 is 17.5 Å². The van der Waals surface area contributed by atoms with Crippen LogP contribution in [0, 0.1) is 5.92 Å². The highest BCUT2D eigenvalue weighted by atomic mass is 35.5. The van der Waals surface area contributed by atoms with Gasteiger partial charge in [-0.05, 0) is 55.0 Å². The van der Waals surface area contributed by atoms with Gasteiger partial charge in [0.1, 0.15) is 17.3 Å². The van der Waals surface area contributed by atoms with Gasteiger partial charge in [0.2, 0.25) is 5.76 Å². The third-order valence-electron chi connectivity index (χ3n) is 7.47. The smallest absolute Gasteiger partial charge is 0.291 e. The van der Waals surface area contributed by atoms with E-state index >= 15 is 0 Å². The van der Waals surface area contributed by atoms with Crippen LogP contribution in [-0.4, -0.2) is 45.5 Å². The van der Waals surface area contributed by atoms with Crippen molar-refractivity contribution in [2.24, 2.45) is 5.92 Å². The van der Waals surface area contributed by atoms with E-state index in [2.05, 4.69) is 22.4 Å². The molecule has 3 N–H and O–H groups in total. The monoisotopic (exact) mass is 595 g/mol. The van der Waals surface area contributed by atoms with Gasteiger partial charge < -0.3 is 25.0 Å². The van der Waals surface area contributed by atoms with Gasteiger partial charge in [0, 0.05) is 10.3 Å². The number of carbonyl (C=O) groups excluding carboxylic acids is 2. The lowest BCUT2D eigenvalue weighted by Crippen LogP contribution is -2.41. The van der Waals surface area contributed by atoms with Crippen LogP contribution in [0.3, 0.4) is 0 Å². The first-order chi connectivity index (χ1) is 18.7. The van der Waals surface area contributed by atoms with Crippen molar-refractivity contribution in [2.45, 2.75) is 86.9 Å². The second-order valence-electron chi connectivity index (χ2n) is 10.3. The molecule has 11 heteroatoms. The number of ether oxygens (including phenoxy) is 1. The molecule has 2 amide bonds. The van der Waals surface area contributed by atoms with E-state index in [1.54, 1.807) is 12.1 Å². The van der Waals surface area contributed by atoms with Gasteiger partial charge in [0.05, 0.1) is 22.2 Å². The summed E-state index contributed by atoms with van der Waals surface area (Å²) in [4.78, 5) is 26.8. The van der Waals surface area contributed by atoms with Crippen LogP contribution in [0.1, 0.15) is 86.1 Å². The Kier molecular flexibility index (Phi) is 9.78. The highest BCUT2D eigenvalue weighted by Crippen LogP contribution is 2.43. The van der Waals surface area contributed by atoms with Crippen molar-refractivity contribution in [1.82, 2.24) is 15.8 Å². The number of nitrogens with one attached hydrogen (secondary N) is 2. The number of benzene rings is 1. The predicted octanol–water partition coefficient (Wildman–Crippen LogP) is 6.96. The lowest BCUT2D eigenvalue weighted by atomic mass is 9.93. The summed E-state index contributed by atoms with van der Waals surface area (Å²) < 4.78 is 11.6. The molecule has 0 bridgehead atoms. The molecule has 1 heterocycles. The molecule has 1 aromatic heterocycles. The number of nitrogens with zero attached hydrogens (tertiary/aromatic N) is 1. The zero-order valence-electron chi connectivity index (χ0n) is 22.2. The summed E-state index contributed by atoms with van der Waals surface area (Å²) in [6, 6.07) is 4.14. The molecule has 0 unspecified atom stereocenters. The van der Waals surface area contributed by atoms with E-state index in [1.807, 2.05) is 13.8 Å². The van der Waals surface area contributed by atoms with Crippen LogP contribution in [0.25, 0.3) is 0 Å². The zero-order chi connectivity index (χ0) is 28.2. The normalized spacial score (nSPS) is 17.2. The summed E-state index contributed by atoms with van der Waals surface area (Å²) in [7, 11) is 0. The molecule has 2 saturated carbocycles. The van der Waals surface area contributed by atoms with Crippen molar-refractivity contribution in [2.75, 3.05) is 6.61 Å². The van der Waals surface area contributed by atoms with Gasteiger partial charge in [0.25, 0.3) is 17.7 Å². The summed E-state index contributed by atoms with van der Waals surface area (Å²) in [5.41, 5.74) is -0.228. The van der Waals surface area contributed by atoms with Gasteiger partial charge in [-0.15, -0.1) is 11.8 Å². The minimum Gasteiger partial charge on any atom is -0.511 e. The lowest BCUT2D eigenvalue weighted by Gasteiger charge is -2.25. The maximum absolute atomic E-state index is 13.3. The Morgan fingerprint density at radius 1 is 1.23 bits per heavy atom. The van der Waals surface area contributed by atoms with Gasteiger partial charge in [-0.1, -0.05) is 69.3 Å². The standard InChI is InChI=1S/C28H35Cl2N3O5S/c1-4-17(5-2)22(16(3)34)31-26(36)23-24(39-19-8-6-7-9-19)27(33-38-23)37-15-28(12-13-28)32-25(35)20-11-10-18(29)14-21(20)30/h10-11,14,17,19,22,34H,3-9,12-13,15H2,1-2H3,(H,31,36)(H,32,35)/t22-/m0/s1. The number of aliphatic hydroxyl groups excluding tert-OH is 1. The fraction of sp³-hybridized carbons (Fsp3) is 0.536. The first kappa shape index (κ1) is 29.6. The van der Waals surface area contributed by atoms with Crippen LogP contribution in [0.5, 0.6) is 5.88 Å². The Morgan fingerprint density at radius 3 is 2.51 bits per heavy atom. The number of rotatable bonds is 13. The maximum Gasteiger partial charge on any atom is 0.291 e. The highest BCUT2D eigenvalue weighted by Gasteiger charge is 2.46. The molecule has 0 saturated heterocycles. The summed E-state index contributed by atoms with van der Waals surface area (Å²) in [5, 5.41) is 21.2. The summed E-state index contributed by atoms with van der Waals surface area (Å²) >= 11 is 13.7. The number of hydrogen-bond acceptors (Lipinski definition) is 7. The number of amides is 2. The minimum absolute atomic E-state index is 0.0310. The molecular formula is C28H35Cl2N3O5S. The van der Waals surface area contributed by atoms with Crippen LogP contribution < -0.4 is 15.4 Å². The van der Waals surface area contributed by atoms with Crippen molar-refractivity contribution in [3.63, 3.8) is 0 Å². The summed E-state index contributed by atoms with van der Waals surface area (Å²) in [6.45, 7) is 7.84. The van der Waals surface area contributed by atoms with E-state index in [-0.39, 0.29) is 40.9 Å². The molecule has 8 nitrogen and oxygen atoms in total. The van der Waals surface area contributed by atoms with Crippen molar-refractivity contribution in [1.29, 1.82) is 0 Å². The molecular weight excluding hydrogens is 561 g/mol. The molecule has 2 fully saturated rings.